The predicted molar refractivity (Wildman–Crippen MR) is 72.4 cm³/mol. The van der Waals surface area contributed by atoms with Gasteiger partial charge in [-0.05, 0) is 19.8 Å². The second-order valence-corrected chi connectivity index (χ2v) is 5.67. The van der Waals surface area contributed by atoms with Gasteiger partial charge >= 0.3 is 0 Å². The molecule has 3 rings (SSSR count). The fraction of sp³-hybridized carbons (Fsp3) is 0.750. The number of ether oxygens (including phenoxy) is 1. The molecule has 1 atom stereocenters. The highest BCUT2D eigenvalue weighted by atomic mass is 32.1. The van der Waals surface area contributed by atoms with Gasteiger partial charge in [-0.25, -0.2) is 4.98 Å². The first-order valence-electron chi connectivity index (χ1n) is 6.70. The molecular weight excluding hydrogens is 264 g/mol. The summed E-state index contributed by atoms with van der Waals surface area (Å²) in [5, 5.41) is 0.960. The first kappa shape index (κ1) is 12.8. The fourth-order valence-corrected chi connectivity index (χ4v) is 3.23. The molecule has 0 N–H and O–H groups in total. The van der Waals surface area contributed by atoms with Crippen LogP contribution >= 0.6 is 11.5 Å². The van der Waals surface area contributed by atoms with Crippen LogP contribution in [0.4, 0.5) is 5.13 Å². The van der Waals surface area contributed by atoms with E-state index < -0.39 is 0 Å². The molecule has 2 aliphatic heterocycles. The summed E-state index contributed by atoms with van der Waals surface area (Å²) in [5.74, 6) is 0.975. The Kier molecular flexibility index (Phi) is 3.65. The zero-order valence-electron chi connectivity index (χ0n) is 11.0. The number of hydrogen-bond acceptors (Lipinski definition) is 6. The van der Waals surface area contributed by atoms with E-state index in [2.05, 4.69) is 14.3 Å². The van der Waals surface area contributed by atoms with Gasteiger partial charge < -0.3 is 14.5 Å². The summed E-state index contributed by atoms with van der Waals surface area (Å²) in [4.78, 5) is 20.7. The van der Waals surface area contributed by atoms with E-state index in [1.165, 1.54) is 11.5 Å². The standard InChI is InChI=1S/C12H18N4O2S/c1-9-13-12(19-14-9)16-6-4-15(5-7-16)11(17)10-3-2-8-18-10/h10H,2-8H2,1H3. The van der Waals surface area contributed by atoms with Crippen LogP contribution in [0.1, 0.15) is 18.7 Å². The van der Waals surface area contributed by atoms with Crippen molar-refractivity contribution in [2.24, 2.45) is 0 Å². The molecule has 1 aromatic rings. The lowest BCUT2D eigenvalue weighted by molar-refractivity contribution is -0.141. The molecule has 0 aromatic carbocycles. The maximum Gasteiger partial charge on any atom is 0.251 e. The van der Waals surface area contributed by atoms with E-state index in [-0.39, 0.29) is 12.0 Å². The predicted octanol–water partition coefficient (Wildman–Crippen LogP) is 0.674. The lowest BCUT2D eigenvalue weighted by Crippen LogP contribution is -2.51. The molecule has 6 nitrogen and oxygen atoms in total. The van der Waals surface area contributed by atoms with Crippen LogP contribution < -0.4 is 4.90 Å². The van der Waals surface area contributed by atoms with E-state index in [0.717, 1.165) is 56.6 Å². The van der Waals surface area contributed by atoms with Gasteiger partial charge in [-0.1, -0.05) is 0 Å². The summed E-state index contributed by atoms with van der Waals surface area (Å²) >= 11 is 1.43. The number of anilines is 1. The Hall–Kier alpha value is -1.21. The summed E-state index contributed by atoms with van der Waals surface area (Å²) in [7, 11) is 0. The summed E-state index contributed by atoms with van der Waals surface area (Å²) in [6.07, 6.45) is 1.67. The largest absolute Gasteiger partial charge is 0.368 e. The van der Waals surface area contributed by atoms with Crippen LogP contribution in [0.2, 0.25) is 0 Å². The summed E-state index contributed by atoms with van der Waals surface area (Å²) in [6.45, 7) is 5.77. The summed E-state index contributed by atoms with van der Waals surface area (Å²) in [5.41, 5.74) is 0. The number of amides is 1. The second-order valence-electron chi connectivity index (χ2n) is 4.94. The SMILES string of the molecule is Cc1nsc(N2CCN(C(=O)C3CCCO3)CC2)n1. The Morgan fingerprint density at radius 2 is 2.16 bits per heavy atom. The highest BCUT2D eigenvalue weighted by Gasteiger charge is 2.30. The van der Waals surface area contributed by atoms with Gasteiger partial charge in [0.1, 0.15) is 11.9 Å². The third-order valence-electron chi connectivity index (χ3n) is 3.58. The Balaban J connectivity index is 1.55. The molecule has 1 unspecified atom stereocenters. The Labute approximate surface area is 116 Å². The van der Waals surface area contributed by atoms with Crippen molar-refractivity contribution in [1.29, 1.82) is 0 Å². The molecule has 104 valence electrons. The minimum Gasteiger partial charge on any atom is -0.368 e. The lowest BCUT2D eigenvalue weighted by Gasteiger charge is -2.35. The van der Waals surface area contributed by atoms with Gasteiger partial charge in [0.15, 0.2) is 0 Å². The van der Waals surface area contributed by atoms with Crippen molar-refractivity contribution < 1.29 is 9.53 Å². The zero-order valence-corrected chi connectivity index (χ0v) is 11.9. The van der Waals surface area contributed by atoms with Gasteiger partial charge in [0.25, 0.3) is 5.91 Å². The topological polar surface area (TPSA) is 58.6 Å². The third-order valence-corrected chi connectivity index (χ3v) is 4.45. The van der Waals surface area contributed by atoms with Crippen molar-refractivity contribution >= 4 is 22.6 Å². The van der Waals surface area contributed by atoms with Crippen LogP contribution in [-0.4, -0.2) is 59.1 Å². The lowest BCUT2D eigenvalue weighted by atomic mass is 10.2. The Morgan fingerprint density at radius 1 is 1.37 bits per heavy atom. The van der Waals surface area contributed by atoms with E-state index in [1.54, 1.807) is 0 Å². The number of rotatable bonds is 2. The number of nitrogens with zero attached hydrogens (tertiary/aromatic N) is 4. The third kappa shape index (κ3) is 2.71. The molecule has 7 heteroatoms. The first-order valence-corrected chi connectivity index (χ1v) is 7.47. The first-order chi connectivity index (χ1) is 9.24. The maximum atomic E-state index is 12.2. The van der Waals surface area contributed by atoms with E-state index in [0.29, 0.717) is 0 Å². The van der Waals surface area contributed by atoms with Crippen molar-refractivity contribution in [3.63, 3.8) is 0 Å². The molecule has 1 aromatic heterocycles. The molecule has 0 bridgehead atoms. The molecule has 0 spiro atoms. The van der Waals surface area contributed by atoms with Gasteiger partial charge in [-0.3, -0.25) is 4.79 Å². The van der Waals surface area contributed by atoms with Gasteiger partial charge in [0.2, 0.25) is 5.13 Å². The molecule has 19 heavy (non-hydrogen) atoms. The van der Waals surface area contributed by atoms with E-state index in [9.17, 15) is 4.79 Å². The molecule has 2 aliphatic rings. The number of carbonyl (C=O) groups is 1. The van der Waals surface area contributed by atoms with E-state index >= 15 is 0 Å². The number of carbonyl (C=O) groups excluding carboxylic acids is 1. The van der Waals surface area contributed by atoms with Crippen LogP contribution in [0.25, 0.3) is 0 Å². The highest BCUT2D eigenvalue weighted by molar-refractivity contribution is 7.09. The van der Waals surface area contributed by atoms with Crippen molar-refractivity contribution in [2.45, 2.75) is 25.9 Å². The normalized spacial score (nSPS) is 23.9. The summed E-state index contributed by atoms with van der Waals surface area (Å²) < 4.78 is 9.65. The Morgan fingerprint density at radius 3 is 2.74 bits per heavy atom. The zero-order chi connectivity index (χ0) is 13.2. The quantitative estimate of drug-likeness (QED) is 0.798. The summed E-state index contributed by atoms with van der Waals surface area (Å²) in [6, 6.07) is 0. The number of aromatic nitrogens is 2. The van der Waals surface area contributed by atoms with E-state index in [1.807, 2.05) is 11.8 Å². The fourth-order valence-electron chi connectivity index (χ4n) is 2.51. The molecule has 0 radical (unpaired) electrons. The molecule has 2 fully saturated rings. The highest BCUT2D eigenvalue weighted by Crippen LogP contribution is 2.20. The number of hydrogen-bond donors (Lipinski definition) is 0. The van der Waals surface area contributed by atoms with Crippen molar-refractivity contribution in [3.8, 4) is 0 Å². The van der Waals surface area contributed by atoms with Gasteiger partial charge in [0.05, 0.1) is 0 Å². The van der Waals surface area contributed by atoms with Crippen LogP contribution in [0.3, 0.4) is 0 Å². The molecule has 3 heterocycles. The van der Waals surface area contributed by atoms with Gasteiger partial charge in [-0.2, -0.15) is 4.37 Å². The van der Waals surface area contributed by atoms with Crippen LogP contribution in [0, 0.1) is 6.92 Å². The number of piperazine rings is 1. The molecular formula is C12H18N4O2S. The molecule has 0 aliphatic carbocycles. The van der Waals surface area contributed by atoms with Gasteiger partial charge in [-0.15, -0.1) is 0 Å². The van der Waals surface area contributed by atoms with Crippen LogP contribution in [-0.2, 0) is 9.53 Å². The van der Waals surface area contributed by atoms with Crippen molar-refractivity contribution in [2.75, 3.05) is 37.7 Å². The minimum absolute atomic E-state index is 0.158. The van der Waals surface area contributed by atoms with E-state index in [4.69, 9.17) is 4.74 Å². The van der Waals surface area contributed by atoms with Crippen molar-refractivity contribution in [3.05, 3.63) is 5.82 Å². The molecule has 2 saturated heterocycles. The average molecular weight is 282 g/mol. The van der Waals surface area contributed by atoms with Gasteiger partial charge in [0, 0.05) is 44.3 Å². The number of aryl methyl sites for hydroxylation is 1. The van der Waals surface area contributed by atoms with Crippen LogP contribution in [0.5, 0.6) is 0 Å². The molecule has 0 saturated carbocycles. The monoisotopic (exact) mass is 282 g/mol. The van der Waals surface area contributed by atoms with Crippen molar-refractivity contribution in [1.82, 2.24) is 14.3 Å². The minimum atomic E-state index is -0.199. The Bertz CT molecular complexity index is 450. The smallest absolute Gasteiger partial charge is 0.251 e. The maximum absolute atomic E-state index is 12.2. The average Bonchev–Trinajstić information content (AvgIpc) is 3.09. The van der Waals surface area contributed by atoms with Crippen LogP contribution in [0.15, 0.2) is 0 Å². The second kappa shape index (κ2) is 5.42. The molecule has 1 amide bonds.